The second-order valence-electron chi connectivity index (χ2n) is 2.75. The van der Waals surface area contributed by atoms with Gasteiger partial charge < -0.3 is 0 Å². The van der Waals surface area contributed by atoms with Crippen molar-refractivity contribution in [3.63, 3.8) is 0 Å². The summed E-state index contributed by atoms with van der Waals surface area (Å²) >= 11 is 0. The molecule has 0 N–H and O–H groups in total. The van der Waals surface area contributed by atoms with Gasteiger partial charge in [-0.3, -0.25) is 9.78 Å². The van der Waals surface area contributed by atoms with Crippen molar-refractivity contribution in [3.8, 4) is 5.75 Å². The Hall–Kier alpha value is -1.70. The zero-order chi connectivity index (χ0) is 8.93. The predicted molar refractivity (Wildman–Crippen MR) is 50.1 cm³/mol. The molecule has 0 radical (unpaired) electrons. The molecule has 1 aliphatic heterocycles. The van der Waals surface area contributed by atoms with Crippen LogP contribution in [0.3, 0.4) is 0 Å². The largest absolute Gasteiger partial charge is 0.298 e. The van der Waals surface area contributed by atoms with Gasteiger partial charge in [-0.2, -0.15) is 0 Å². The van der Waals surface area contributed by atoms with Crippen LogP contribution in [0.2, 0.25) is 0 Å². The van der Waals surface area contributed by atoms with E-state index in [2.05, 4.69) is 6.08 Å². The van der Waals surface area contributed by atoms with Crippen molar-refractivity contribution >= 4 is 0 Å². The van der Waals surface area contributed by atoms with Gasteiger partial charge in [-0.15, -0.1) is 0 Å². The van der Waals surface area contributed by atoms with Crippen molar-refractivity contribution in [2.75, 3.05) is 0 Å². The first-order chi connectivity index (χ1) is 6.47. The lowest BCUT2D eigenvalue weighted by Crippen LogP contribution is -1.93. The molecule has 0 amide bonds. The summed E-state index contributed by atoms with van der Waals surface area (Å²) in [5, 5.41) is 0. The molecule has 1 aliphatic rings. The fraction of sp³-hybridized carbons (Fsp3) is 0.0909. The van der Waals surface area contributed by atoms with Crippen LogP contribution in [-0.2, 0) is 11.3 Å². The Balaban J connectivity index is 2.31. The molecule has 1 aromatic carbocycles. The Bertz CT molecular complexity index is 340. The maximum atomic E-state index is 5.08. The topological polar surface area (TPSA) is 18.5 Å². The molecule has 0 spiro atoms. The highest BCUT2D eigenvalue weighted by Crippen LogP contribution is 2.19. The lowest BCUT2D eigenvalue weighted by molar-refractivity contribution is -0.149. The van der Waals surface area contributed by atoms with Gasteiger partial charge in [0, 0.05) is 5.56 Å². The van der Waals surface area contributed by atoms with Crippen molar-refractivity contribution in [3.05, 3.63) is 54.3 Å². The summed E-state index contributed by atoms with van der Waals surface area (Å²) < 4.78 is 0. The van der Waals surface area contributed by atoms with E-state index in [1.54, 1.807) is 6.08 Å². The van der Waals surface area contributed by atoms with Crippen LogP contribution >= 0.6 is 0 Å². The first-order valence-corrected chi connectivity index (χ1v) is 4.20. The molecule has 0 atom stereocenters. The molecule has 0 saturated carbocycles. The second-order valence-corrected chi connectivity index (χ2v) is 2.75. The summed E-state index contributed by atoms with van der Waals surface area (Å²) in [6.07, 6.45) is 8.17. The lowest BCUT2D eigenvalue weighted by Gasteiger charge is -2.05. The third kappa shape index (κ3) is 1.90. The van der Waals surface area contributed by atoms with Crippen molar-refractivity contribution in [2.45, 2.75) is 6.42 Å². The average Bonchev–Trinajstić information content (AvgIpc) is 2.28. The van der Waals surface area contributed by atoms with Crippen LogP contribution < -0.4 is 4.89 Å². The van der Waals surface area contributed by atoms with Gasteiger partial charge >= 0.3 is 0 Å². The SMILES string of the molecule is C1=CCc2ccccc2OOC=C1. The van der Waals surface area contributed by atoms with Gasteiger partial charge in [-0.1, -0.05) is 30.4 Å². The quantitative estimate of drug-likeness (QED) is 0.563. The molecule has 1 heterocycles. The van der Waals surface area contributed by atoms with Crippen LogP contribution in [0.15, 0.2) is 48.8 Å². The van der Waals surface area contributed by atoms with Crippen LogP contribution in [0.4, 0.5) is 0 Å². The molecule has 2 nitrogen and oxygen atoms in total. The van der Waals surface area contributed by atoms with E-state index in [1.165, 1.54) is 6.26 Å². The number of allylic oxidation sites excluding steroid dienone is 3. The predicted octanol–water partition coefficient (Wildman–Crippen LogP) is 2.62. The normalized spacial score (nSPS) is 14.5. The van der Waals surface area contributed by atoms with Gasteiger partial charge in [-0.25, -0.2) is 0 Å². The highest BCUT2D eigenvalue weighted by molar-refractivity contribution is 5.34. The summed E-state index contributed by atoms with van der Waals surface area (Å²) in [5.41, 5.74) is 1.13. The highest BCUT2D eigenvalue weighted by Gasteiger charge is 2.02. The fourth-order valence-corrected chi connectivity index (χ4v) is 1.18. The molecular weight excluding hydrogens is 164 g/mol. The Labute approximate surface area is 77.0 Å². The number of para-hydroxylation sites is 1. The number of hydrogen-bond donors (Lipinski definition) is 0. The standard InChI is InChI=1S/C11H10O2/c1-2-6-10-7-3-4-8-11(10)13-12-9-5-1/h1-5,7-9H,6H2. The molecule has 0 unspecified atom stereocenters. The summed E-state index contributed by atoms with van der Waals surface area (Å²) in [6.45, 7) is 0. The number of hydrogen-bond acceptors (Lipinski definition) is 2. The molecule has 0 bridgehead atoms. The van der Waals surface area contributed by atoms with E-state index < -0.39 is 0 Å². The Kier molecular flexibility index (Phi) is 2.32. The maximum Gasteiger partial charge on any atom is 0.182 e. The van der Waals surface area contributed by atoms with Crippen LogP contribution in [0.5, 0.6) is 5.75 Å². The smallest absolute Gasteiger partial charge is 0.182 e. The number of rotatable bonds is 0. The van der Waals surface area contributed by atoms with Crippen molar-refractivity contribution < 1.29 is 9.78 Å². The molecule has 66 valence electrons. The maximum absolute atomic E-state index is 5.08. The van der Waals surface area contributed by atoms with Gasteiger partial charge in [0.25, 0.3) is 0 Å². The Morgan fingerprint density at radius 3 is 3.00 bits per heavy atom. The van der Waals surface area contributed by atoms with Crippen molar-refractivity contribution in [2.24, 2.45) is 0 Å². The van der Waals surface area contributed by atoms with E-state index in [1.807, 2.05) is 30.3 Å². The fourth-order valence-electron chi connectivity index (χ4n) is 1.18. The molecule has 0 fully saturated rings. The summed E-state index contributed by atoms with van der Waals surface area (Å²) in [6, 6.07) is 7.82. The molecular formula is C11H10O2. The van der Waals surface area contributed by atoms with E-state index in [0.29, 0.717) is 0 Å². The summed E-state index contributed by atoms with van der Waals surface area (Å²) in [5.74, 6) is 0.777. The van der Waals surface area contributed by atoms with E-state index in [-0.39, 0.29) is 0 Å². The molecule has 0 saturated heterocycles. The number of benzene rings is 1. The lowest BCUT2D eigenvalue weighted by atomic mass is 10.1. The highest BCUT2D eigenvalue weighted by atomic mass is 17.2. The van der Waals surface area contributed by atoms with Gasteiger partial charge in [0.05, 0.1) is 0 Å². The minimum Gasteiger partial charge on any atom is -0.298 e. The van der Waals surface area contributed by atoms with Crippen molar-refractivity contribution in [1.29, 1.82) is 0 Å². The summed E-state index contributed by atoms with van der Waals surface area (Å²) in [4.78, 5) is 9.93. The molecule has 0 aliphatic carbocycles. The summed E-state index contributed by atoms with van der Waals surface area (Å²) in [7, 11) is 0. The molecule has 2 rings (SSSR count). The van der Waals surface area contributed by atoms with E-state index in [9.17, 15) is 0 Å². The average molecular weight is 174 g/mol. The molecule has 2 heteroatoms. The van der Waals surface area contributed by atoms with Crippen LogP contribution in [-0.4, -0.2) is 0 Å². The molecule has 0 aromatic heterocycles. The molecule has 1 aromatic rings. The monoisotopic (exact) mass is 174 g/mol. The zero-order valence-electron chi connectivity index (χ0n) is 7.14. The van der Waals surface area contributed by atoms with Gasteiger partial charge in [0.1, 0.15) is 6.26 Å². The molecule has 13 heavy (non-hydrogen) atoms. The Morgan fingerprint density at radius 2 is 2.00 bits per heavy atom. The van der Waals surface area contributed by atoms with Crippen molar-refractivity contribution in [1.82, 2.24) is 0 Å². The minimum absolute atomic E-state index is 0.777. The van der Waals surface area contributed by atoms with Crippen LogP contribution in [0, 0.1) is 0 Å². The second kappa shape index (κ2) is 3.81. The first kappa shape index (κ1) is 7.92. The third-order valence-electron chi connectivity index (χ3n) is 1.83. The van der Waals surface area contributed by atoms with E-state index in [4.69, 9.17) is 9.78 Å². The van der Waals surface area contributed by atoms with Gasteiger partial charge in [0.2, 0.25) is 0 Å². The minimum atomic E-state index is 0.777. The Morgan fingerprint density at radius 1 is 1.08 bits per heavy atom. The number of fused-ring (bicyclic) bond motifs is 1. The first-order valence-electron chi connectivity index (χ1n) is 4.20. The zero-order valence-corrected chi connectivity index (χ0v) is 7.14. The van der Waals surface area contributed by atoms with E-state index >= 15 is 0 Å². The third-order valence-corrected chi connectivity index (χ3v) is 1.83. The van der Waals surface area contributed by atoms with Gasteiger partial charge in [-0.05, 0) is 18.6 Å². The van der Waals surface area contributed by atoms with Gasteiger partial charge in [0.15, 0.2) is 5.75 Å². The van der Waals surface area contributed by atoms with Crippen LogP contribution in [0.1, 0.15) is 5.56 Å². The van der Waals surface area contributed by atoms with E-state index in [0.717, 1.165) is 17.7 Å². The van der Waals surface area contributed by atoms with Crippen LogP contribution in [0.25, 0.3) is 0 Å².